The largest absolute Gasteiger partial charge is 0.451 e. The molecule has 1 N–H and O–H groups in total. The van der Waals surface area contributed by atoms with Crippen LogP contribution in [0.4, 0.5) is 0 Å². The Balaban J connectivity index is 1.74. The molecule has 112 valence electrons. The smallest absolute Gasteiger partial charge is 0.307 e. The normalized spacial score (nSPS) is 11.4. The molecule has 0 saturated heterocycles. The van der Waals surface area contributed by atoms with Gasteiger partial charge in [0.15, 0.2) is 5.76 Å². The Morgan fingerprint density at radius 3 is 2.86 bits per heavy atom. The predicted molar refractivity (Wildman–Crippen MR) is 89.1 cm³/mol. The highest BCUT2D eigenvalue weighted by molar-refractivity contribution is 9.10. The minimum atomic E-state index is -0.380. The molecule has 6 heteroatoms. The summed E-state index contributed by atoms with van der Waals surface area (Å²) in [6, 6.07) is 11.2. The second-order valence-corrected chi connectivity index (χ2v) is 5.87. The summed E-state index contributed by atoms with van der Waals surface area (Å²) in [6.07, 6.45) is 1.60. The average molecular weight is 360 g/mol. The first-order valence-electron chi connectivity index (χ1n) is 6.69. The second kappa shape index (κ2) is 5.81. The van der Waals surface area contributed by atoms with E-state index in [0.717, 1.165) is 21.2 Å². The molecule has 22 heavy (non-hydrogen) atoms. The zero-order valence-corrected chi connectivity index (χ0v) is 13.7. The van der Waals surface area contributed by atoms with Gasteiger partial charge in [0.2, 0.25) is 0 Å². The van der Waals surface area contributed by atoms with Crippen molar-refractivity contribution in [3.8, 4) is 0 Å². The molecule has 3 aromatic rings. The van der Waals surface area contributed by atoms with Crippen LogP contribution in [0.25, 0.3) is 11.0 Å². The van der Waals surface area contributed by atoms with Crippen molar-refractivity contribution in [3.05, 3.63) is 58.0 Å². The lowest BCUT2D eigenvalue weighted by Crippen LogP contribution is -2.17. The monoisotopic (exact) mass is 359 g/mol. The molecule has 5 nitrogen and oxygen atoms in total. The lowest BCUT2D eigenvalue weighted by atomic mass is 10.2. The zero-order valence-electron chi connectivity index (χ0n) is 12.1. The maximum Gasteiger partial charge on any atom is 0.307 e. The van der Waals surface area contributed by atoms with Gasteiger partial charge in [-0.15, -0.1) is 0 Å². The van der Waals surface area contributed by atoms with Crippen molar-refractivity contribution >= 4 is 39.0 Å². The van der Waals surface area contributed by atoms with Crippen molar-refractivity contribution in [3.63, 3.8) is 0 Å². The number of nitrogens with zero attached hydrogens (tertiary/aromatic N) is 2. The molecule has 0 aliphatic rings. The Morgan fingerprint density at radius 1 is 1.32 bits per heavy atom. The molecule has 0 radical (unpaired) electrons. The molecule has 3 rings (SSSR count). The summed E-state index contributed by atoms with van der Waals surface area (Å²) in [5.74, 6) is -0.150. The van der Waals surface area contributed by atoms with Crippen LogP contribution in [-0.4, -0.2) is 16.7 Å². The SMILES string of the molecule is Cc1ccc(/C=N\NC(=O)c2cc3cc(Br)ccc3o2)n1C. The van der Waals surface area contributed by atoms with E-state index >= 15 is 0 Å². The number of hydrogen-bond donors (Lipinski definition) is 1. The van der Waals surface area contributed by atoms with E-state index in [1.54, 1.807) is 12.3 Å². The van der Waals surface area contributed by atoms with Gasteiger partial charge in [0.05, 0.1) is 11.9 Å². The number of aryl methyl sites for hydroxylation is 1. The van der Waals surface area contributed by atoms with E-state index in [0.29, 0.717) is 5.58 Å². The van der Waals surface area contributed by atoms with Crippen LogP contribution in [0.15, 0.2) is 50.4 Å². The molecule has 2 aromatic heterocycles. The standard InChI is InChI=1S/C16H14BrN3O2/c1-10-3-5-13(20(10)2)9-18-19-16(21)15-8-11-7-12(17)4-6-14(11)22-15/h3-9H,1-2H3,(H,19,21)/b18-9-. The quantitative estimate of drug-likeness (QED) is 0.573. The fourth-order valence-corrected chi connectivity index (χ4v) is 2.48. The number of nitrogens with one attached hydrogen (secondary N) is 1. The number of halogens is 1. The van der Waals surface area contributed by atoms with Gasteiger partial charge in [-0.05, 0) is 43.3 Å². The van der Waals surface area contributed by atoms with Gasteiger partial charge in [0, 0.05) is 22.6 Å². The van der Waals surface area contributed by atoms with Crippen LogP contribution in [0.5, 0.6) is 0 Å². The number of hydrazone groups is 1. The van der Waals surface area contributed by atoms with Crippen LogP contribution >= 0.6 is 15.9 Å². The Bertz CT molecular complexity index is 877. The third-order valence-electron chi connectivity index (χ3n) is 3.48. The van der Waals surface area contributed by atoms with E-state index in [-0.39, 0.29) is 11.7 Å². The number of aromatic nitrogens is 1. The number of carbonyl (C=O) groups is 1. The van der Waals surface area contributed by atoms with Gasteiger partial charge in [-0.2, -0.15) is 5.10 Å². The highest BCUT2D eigenvalue weighted by Gasteiger charge is 2.11. The molecule has 0 saturated carbocycles. The van der Waals surface area contributed by atoms with E-state index in [4.69, 9.17) is 4.42 Å². The fraction of sp³-hybridized carbons (Fsp3) is 0.125. The van der Waals surface area contributed by atoms with E-state index < -0.39 is 0 Å². The number of rotatable bonds is 3. The molecule has 0 aliphatic heterocycles. The first kappa shape index (κ1) is 14.6. The fourth-order valence-electron chi connectivity index (χ4n) is 2.10. The van der Waals surface area contributed by atoms with Crippen LogP contribution in [0.1, 0.15) is 21.9 Å². The summed E-state index contributed by atoms with van der Waals surface area (Å²) in [5, 5.41) is 4.83. The first-order chi connectivity index (χ1) is 10.5. The molecular weight excluding hydrogens is 346 g/mol. The lowest BCUT2D eigenvalue weighted by Gasteiger charge is -1.99. The number of furan rings is 1. The van der Waals surface area contributed by atoms with E-state index in [1.165, 1.54) is 0 Å². The molecule has 2 heterocycles. The Kier molecular flexibility index (Phi) is 3.85. The van der Waals surface area contributed by atoms with E-state index in [2.05, 4.69) is 26.5 Å². The van der Waals surface area contributed by atoms with Crippen LogP contribution in [0.2, 0.25) is 0 Å². The number of benzene rings is 1. The van der Waals surface area contributed by atoms with Gasteiger partial charge in [0.1, 0.15) is 5.58 Å². The highest BCUT2D eigenvalue weighted by atomic mass is 79.9. The van der Waals surface area contributed by atoms with Gasteiger partial charge in [-0.25, -0.2) is 5.43 Å². The predicted octanol–water partition coefficient (Wildman–Crippen LogP) is 3.61. The molecule has 0 atom stereocenters. The number of hydrogen-bond acceptors (Lipinski definition) is 3. The third-order valence-corrected chi connectivity index (χ3v) is 3.97. The molecule has 0 fully saturated rings. The van der Waals surface area contributed by atoms with Gasteiger partial charge < -0.3 is 8.98 Å². The van der Waals surface area contributed by atoms with Crippen molar-refractivity contribution < 1.29 is 9.21 Å². The van der Waals surface area contributed by atoms with Gasteiger partial charge in [-0.3, -0.25) is 4.79 Å². The van der Waals surface area contributed by atoms with Crippen LogP contribution in [-0.2, 0) is 7.05 Å². The van der Waals surface area contributed by atoms with Crippen molar-refractivity contribution in [2.75, 3.05) is 0 Å². The molecule has 1 aromatic carbocycles. The second-order valence-electron chi connectivity index (χ2n) is 4.95. The van der Waals surface area contributed by atoms with Gasteiger partial charge >= 0.3 is 5.91 Å². The zero-order chi connectivity index (χ0) is 15.7. The third kappa shape index (κ3) is 2.82. The van der Waals surface area contributed by atoms with Gasteiger partial charge in [0.25, 0.3) is 0 Å². The van der Waals surface area contributed by atoms with Gasteiger partial charge in [-0.1, -0.05) is 15.9 Å². The van der Waals surface area contributed by atoms with Crippen LogP contribution < -0.4 is 5.43 Å². The molecule has 1 amide bonds. The van der Waals surface area contributed by atoms with Crippen molar-refractivity contribution in [2.24, 2.45) is 12.1 Å². The van der Waals surface area contributed by atoms with Crippen molar-refractivity contribution in [1.29, 1.82) is 0 Å². The molecular formula is C16H14BrN3O2. The lowest BCUT2D eigenvalue weighted by molar-refractivity contribution is 0.0929. The number of amides is 1. The van der Waals surface area contributed by atoms with Crippen molar-refractivity contribution in [1.82, 2.24) is 9.99 Å². The maximum atomic E-state index is 12.0. The topological polar surface area (TPSA) is 59.5 Å². The first-order valence-corrected chi connectivity index (χ1v) is 7.49. The summed E-state index contributed by atoms with van der Waals surface area (Å²) in [7, 11) is 1.94. The number of carbonyl (C=O) groups excluding carboxylic acids is 1. The van der Waals surface area contributed by atoms with Crippen LogP contribution in [0, 0.1) is 6.92 Å². The minimum Gasteiger partial charge on any atom is -0.451 e. The summed E-state index contributed by atoms with van der Waals surface area (Å²) in [5.41, 5.74) is 5.16. The Labute approximate surface area is 135 Å². The summed E-state index contributed by atoms with van der Waals surface area (Å²) in [6.45, 7) is 2.00. The summed E-state index contributed by atoms with van der Waals surface area (Å²) >= 11 is 3.39. The molecule has 0 unspecified atom stereocenters. The minimum absolute atomic E-state index is 0.230. The van der Waals surface area contributed by atoms with Crippen LogP contribution in [0.3, 0.4) is 0 Å². The number of fused-ring (bicyclic) bond motifs is 1. The molecule has 0 aliphatic carbocycles. The highest BCUT2D eigenvalue weighted by Crippen LogP contribution is 2.23. The summed E-state index contributed by atoms with van der Waals surface area (Å²) < 4.78 is 8.42. The maximum absolute atomic E-state index is 12.0. The molecule has 0 bridgehead atoms. The van der Waals surface area contributed by atoms with E-state index in [9.17, 15) is 4.79 Å². The summed E-state index contributed by atoms with van der Waals surface area (Å²) in [4.78, 5) is 12.0. The molecule has 0 spiro atoms. The van der Waals surface area contributed by atoms with E-state index in [1.807, 2.05) is 48.9 Å². The Morgan fingerprint density at radius 2 is 2.14 bits per heavy atom. The average Bonchev–Trinajstić information content (AvgIpc) is 3.04. The van der Waals surface area contributed by atoms with Crippen molar-refractivity contribution in [2.45, 2.75) is 6.92 Å². The Hall–Kier alpha value is -2.34.